The predicted octanol–water partition coefficient (Wildman–Crippen LogP) is 5.46. The minimum atomic E-state index is -0.117. The minimum absolute atomic E-state index is 0.117. The molecule has 4 rings (SSSR count). The second kappa shape index (κ2) is 6.87. The molecular formula is C22H21N3O2S. The molecule has 0 fully saturated rings. The van der Waals surface area contributed by atoms with Gasteiger partial charge in [0.25, 0.3) is 11.6 Å². The molecule has 0 saturated carbocycles. The lowest BCUT2D eigenvalue weighted by atomic mass is 10.0. The first-order valence-corrected chi connectivity index (χ1v) is 9.86. The molecule has 6 heteroatoms. The summed E-state index contributed by atoms with van der Waals surface area (Å²) < 4.78 is 5.42. The number of pyridine rings is 1. The quantitative estimate of drug-likeness (QED) is 0.465. The zero-order chi connectivity index (χ0) is 20.0. The van der Waals surface area contributed by atoms with E-state index < -0.39 is 0 Å². The number of nitrogens with zero attached hydrogens (tertiary/aromatic N) is 3. The van der Waals surface area contributed by atoms with Gasteiger partial charge in [-0.1, -0.05) is 22.9 Å². The molecule has 0 radical (unpaired) electrons. The molecule has 1 aromatic carbocycles. The van der Waals surface area contributed by atoms with Crippen molar-refractivity contribution in [1.82, 2.24) is 10.1 Å². The van der Waals surface area contributed by atoms with Crippen molar-refractivity contribution in [2.75, 3.05) is 11.9 Å². The standard InChI is InChI=1S/C22H21N3O2S/c1-12-6-8-16(9-7-12)25(5)22(26)18-11-19(17-10-13(2)28-15(17)4)23-21-20(18)14(3)24-27-21/h6-11H,1-5H3. The van der Waals surface area contributed by atoms with Gasteiger partial charge in [-0.25, -0.2) is 4.98 Å². The van der Waals surface area contributed by atoms with E-state index in [4.69, 9.17) is 4.52 Å². The van der Waals surface area contributed by atoms with Crippen LogP contribution in [0.15, 0.2) is 40.9 Å². The molecule has 142 valence electrons. The number of thiophene rings is 1. The summed E-state index contributed by atoms with van der Waals surface area (Å²) in [6.45, 7) is 7.98. The van der Waals surface area contributed by atoms with Crippen molar-refractivity contribution in [2.45, 2.75) is 27.7 Å². The molecule has 0 bridgehead atoms. The minimum Gasteiger partial charge on any atom is -0.335 e. The number of fused-ring (bicyclic) bond motifs is 1. The van der Waals surface area contributed by atoms with Gasteiger partial charge in [0.2, 0.25) is 0 Å². The van der Waals surface area contributed by atoms with E-state index >= 15 is 0 Å². The summed E-state index contributed by atoms with van der Waals surface area (Å²) in [5.41, 5.74) is 5.32. The average Bonchev–Trinajstić information content (AvgIpc) is 3.22. The number of anilines is 1. The largest absolute Gasteiger partial charge is 0.335 e. The first kappa shape index (κ1) is 18.4. The molecule has 0 saturated heterocycles. The van der Waals surface area contributed by atoms with Crippen LogP contribution in [-0.2, 0) is 0 Å². The molecule has 3 heterocycles. The van der Waals surface area contributed by atoms with Crippen molar-refractivity contribution in [3.05, 3.63) is 63.0 Å². The number of benzene rings is 1. The van der Waals surface area contributed by atoms with Crippen molar-refractivity contribution < 1.29 is 9.32 Å². The fraction of sp³-hybridized carbons (Fsp3) is 0.227. The van der Waals surface area contributed by atoms with Crippen LogP contribution in [0.5, 0.6) is 0 Å². The van der Waals surface area contributed by atoms with E-state index in [2.05, 4.69) is 30.1 Å². The van der Waals surface area contributed by atoms with Gasteiger partial charge in [0.05, 0.1) is 22.3 Å². The molecule has 3 aromatic heterocycles. The third-order valence-corrected chi connectivity index (χ3v) is 5.86. The maximum atomic E-state index is 13.4. The Morgan fingerprint density at radius 2 is 1.79 bits per heavy atom. The summed E-state index contributed by atoms with van der Waals surface area (Å²) in [7, 11) is 1.78. The number of amides is 1. The summed E-state index contributed by atoms with van der Waals surface area (Å²) in [5.74, 6) is -0.117. The molecule has 0 aliphatic heterocycles. The smallest absolute Gasteiger partial charge is 0.259 e. The van der Waals surface area contributed by atoms with E-state index in [1.54, 1.807) is 23.3 Å². The van der Waals surface area contributed by atoms with Crippen LogP contribution in [0.3, 0.4) is 0 Å². The lowest BCUT2D eigenvalue weighted by molar-refractivity contribution is 0.0994. The second-order valence-corrected chi connectivity index (χ2v) is 8.49. The van der Waals surface area contributed by atoms with Crippen LogP contribution in [0.1, 0.15) is 31.4 Å². The highest BCUT2D eigenvalue weighted by atomic mass is 32.1. The Bertz CT molecular complexity index is 1190. The van der Waals surface area contributed by atoms with Crippen molar-refractivity contribution in [3.8, 4) is 11.3 Å². The van der Waals surface area contributed by atoms with Gasteiger partial charge in [0.1, 0.15) is 0 Å². The van der Waals surface area contributed by atoms with Crippen LogP contribution in [0.4, 0.5) is 5.69 Å². The molecule has 5 nitrogen and oxygen atoms in total. The Morgan fingerprint density at radius 1 is 1.07 bits per heavy atom. The van der Waals surface area contributed by atoms with Crippen molar-refractivity contribution in [1.29, 1.82) is 0 Å². The van der Waals surface area contributed by atoms with Gasteiger partial charge in [-0.2, -0.15) is 0 Å². The number of carbonyl (C=O) groups excluding carboxylic acids is 1. The highest BCUT2D eigenvalue weighted by molar-refractivity contribution is 7.12. The van der Waals surface area contributed by atoms with Crippen molar-refractivity contribution in [3.63, 3.8) is 0 Å². The zero-order valence-corrected chi connectivity index (χ0v) is 17.3. The zero-order valence-electron chi connectivity index (χ0n) is 16.5. The second-order valence-electron chi connectivity index (χ2n) is 7.03. The Balaban J connectivity index is 1.87. The molecule has 0 N–H and O–H groups in total. The van der Waals surface area contributed by atoms with Crippen LogP contribution in [0.2, 0.25) is 0 Å². The van der Waals surface area contributed by atoms with Gasteiger partial charge in [0.15, 0.2) is 0 Å². The molecule has 0 aliphatic carbocycles. The molecule has 4 aromatic rings. The third kappa shape index (κ3) is 3.10. The summed E-state index contributed by atoms with van der Waals surface area (Å²) >= 11 is 1.71. The Kier molecular flexibility index (Phi) is 4.51. The monoisotopic (exact) mass is 391 g/mol. The Morgan fingerprint density at radius 3 is 2.43 bits per heavy atom. The third-order valence-electron chi connectivity index (χ3n) is 4.89. The van der Waals surface area contributed by atoms with Gasteiger partial charge in [-0.3, -0.25) is 4.79 Å². The summed E-state index contributed by atoms with van der Waals surface area (Å²) in [6, 6.07) is 11.8. The fourth-order valence-corrected chi connectivity index (χ4v) is 4.29. The molecule has 0 unspecified atom stereocenters. The van der Waals surface area contributed by atoms with Crippen LogP contribution in [0.25, 0.3) is 22.4 Å². The molecular weight excluding hydrogens is 370 g/mol. The lowest BCUT2D eigenvalue weighted by Gasteiger charge is -2.18. The molecule has 28 heavy (non-hydrogen) atoms. The van der Waals surface area contributed by atoms with Crippen LogP contribution in [-0.4, -0.2) is 23.1 Å². The first-order chi connectivity index (χ1) is 13.3. The van der Waals surface area contributed by atoms with Crippen molar-refractivity contribution in [2.24, 2.45) is 0 Å². The average molecular weight is 391 g/mol. The topological polar surface area (TPSA) is 59.2 Å². The Labute approximate surface area is 167 Å². The molecule has 0 spiro atoms. The molecule has 0 atom stereocenters. The normalized spacial score (nSPS) is 11.2. The van der Waals surface area contributed by atoms with Crippen LogP contribution < -0.4 is 4.90 Å². The fourth-order valence-electron chi connectivity index (χ4n) is 3.35. The van der Waals surface area contributed by atoms with E-state index in [9.17, 15) is 4.79 Å². The number of rotatable bonds is 3. The first-order valence-electron chi connectivity index (χ1n) is 9.04. The predicted molar refractivity (Wildman–Crippen MR) is 113 cm³/mol. The molecule has 0 aliphatic rings. The van der Waals surface area contributed by atoms with Gasteiger partial charge in [-0.15, -0.1) is 11.3 Å². The maximum Gasteiger partial charge on any atom is 0.259 e. The van der Waals surface area contributed by atoms with Crippen molar-refractivity contribution >= 4 is 34.0 Å². The highest BCUT2D eigenvalue weighted by Gasteiger charge is 2.23. The van der Waals surface area contributed by atoms with Crippen LogP contribution in [0, 0.1) is 27.7 Å². The summed E-state index contributed by atoms with van der Waals surface area (Å²) in [5, 5.41) is 4.70. The SMILES string of the molecule is Cc1ccc(N(C)C(=O)c2cc(-c3cc(C)sc3C)nc3onc(C)c23)cc1. The lowest BCUT2D eigenvalue weighted by Crippen LogP contribution is -2.26. The van der Waals surface area contributed by atoms with Gasteiger partial charge in [0, 0.05) is 28.1 Å². The summed E-state index contributed by atoms with van der Waals surface area (Å²) in [6.07, 6.45) is 0. The van der Waals surface area contributed by atoms with E-state index in [0.29, 0.717) is 22.4 Å². The van der Waals surface area contributed by atoms with E-state index in [0.717, 1.165) is 27.4 Å². The van der Waals surface area contributed by atoms with Gasteiger partial charge >= 0.3 is 0 Å². The highest BCUT2D eigenvalue weighted by Crippen LogP contribution is 2.33. The number of hydrogen-bond acceptors (Lipinski definition) is 5. The molecule has 1 amide bonds. The number of aromatic nitrogens is 2. The number of aryl methyl sites for hydroxylation is 4. The summed E-state index contributed by atoms with van der Waals surface area (Å²) in [4.78, 5) is 22.0. The Hall–Kier alpha value is -2.99. The maximum absolute atomic E-state index is 13.4. The van der Waals surface area contributed by atoms with Gasteiger partial charge < -0.3 is 9.42 Å². The van der Waals surface area contributed by atoms with Crippen LogP contribution >= 0.6 is 11.3 Å². The number of carbonyl (C=O) groups is 1. The van der Waals surface area contributed by atoms with E-state index in [1.165, 1.54) is 4.88 Å². The number of hydrogen-bond donors (Lipinski definition) is 0. The van der Waals surface area contributed by atoms with Gasteiger partial charge in [-0.05, 0) is 52.0 Å². The van der Waals surface area contributed by atoms with E-state index in [-0.39, 0.29) is 5.91 Å². The van der Waals surface area contributed by atoms with E-state index in [1.807, 2.05) is 44.2 Å².